The van der Waals surface area contributed by atoms with Gasteiger partial charge in [-0.2, -0.15) is 0 Å². The van der Waals surface area contributed by atoms with E-state index in [1.165, 1.54) is 4.53 Å². The van der Waals surface area contributed by atoms with E-state index in [1.54, 1.807) is 12.7 Å². The van der Waals surface area contributed by atoms with Crippen molar-refractivity contribution in [3.8, 4) is 0 Å². The number of fused-ring (bicyclic) bond motifs is 1. The Morgan fingerprint density at radius 3 is 3.30 bits per heavy atom. The van der Waals surface area contributed by atoms with E-state index in [9.17, 15) is 0 Å². The highest BCUT2D eigenvalue weighted by molar-refractivity contribution is 6.15. The zero-order valence-electron chi connectivity index (χ0n) is 5.08. The number of halogens is 1. The quantitative estimate of drug-likeness (QED) is 0.573. The molecule has 0 spiro atoms. The van der Waals surface area contributed by atoms with Crippen molar-refractivity contribution in [1.82, 2.24) is 9.51 Å². The summed E-state index contributed by atoms with van der Waals surface area (Å²) in [6.07, 6.45) is 1.72. The Morgan fingerprint density at radius 1 is 1.60 bits per heavy atom. The minimum atomic E-state index is 0.803. The number of rotatable bonds is 0. The lowest BCUT2D eigenvalue weighted by Gasteiger charge is -2.00. The molecule has 3 nitrogen and oxygen atoms in total. The van der Waals surface area contributed by atoms with Gasteiger partial charge in [0.15, 0.2) is 0 Å². The van der Waals surface area contributed by atoms with Gasteiger partial charge in [-0.05, 0) is 6.07 Å². The fourth-order valence-corrected chi connectivity index (χ4v) is 1.06. The van der Waals surface area contributed by atoms with Crippen LogP contribution in [0.15, 0.2) is 18.3 Å². The van der Waals surface area contributed by atoms with E-state index in [2.05, 4.69) is 10.4 Å². The smallest absolute Gasteiger partial charge is 0.146 e. The standard InChI is InChI=1S/C6H5ClN3/c7-10-4-5-2-1-3-8-6(5)9-10/h1-4H,(H,8,9). The van der Waals surface area contributed by atoms with Gasteiger partial charge in [0, 0.05) is 23.5 Å². The summed E-state index contributed by atoms with van der Waals surface area (Å²) in [5.41, 5.74) is 3.84. The molecule has 0 aliphatic carbocycles. The van der Waals surface area contributed by atoms with Gasteiger partial charge < -0.3 is 0 Å². The molecule has 10 heavy (non-hydrogen) atoms. The topological polar surface area (TPSA) is 28.2 Å². The zero-order valence-corrected chi connectivity index (χ0v) is 5.84. The minimum Gasteiger partial charge on any atom is -0.288 e. The third-order valence-corrected chi connectivity index (χ3v) is 1.49. The van der Waals surface area contributed by atoms with Crippen LogP contribution in [-0.2, 0) is 0 Å². The minimum absolute atomic E-state index is 0.803. The second kappa shape index (κ2) is 2.11. The molecule has 1 aliphatic heterocycles. The first kappa shape index (κ1) is 5.95. The van der Waals surface area contributed by atoms with Gasteiger partial charge in [-0.1, -0.05) is 6.07 Å². The average Bonchev–Trinajstić information content (AvgIpc) is 2.27. The van der Waals surface area contributed by atoms with Crippen LogP contribution in [0, 0.1) is 6.54 Å². The van der Waals surface area contributed by atoms with Gasteiger partial charge >= 0.3 is 0 Å². The molecule has 51 valence electrons. The number of hydrogen-bond acceptors (Lipinski definition) is 3. The monoisotopic (exact) mass is 154 g/mol. The largest absolute Gasteiger partial charge is 0.288 e. The molecule has 2 heterocycles. The summed E-state index contributed by atoms with van der Waals surface area (Å²) < 4.78 is 1.36. The first-order chi connectivity index (χ1) is 4.86. The van der Waals surface area contributed by atoms with E-state index in [0.29, 0.717) is 0 Å². The molecule has 0 bridgehead atoms. The maximum absolute atomic E-state index is 5.60. The molecule has 0 fully saturated rings. The van der Waals surface area contributed by atoms with Crippen LogP contribution >= 0.6 is 11.8 Å². The van der Waals surface area contributed by atoms with Gasteiger partial charge in [-0.25, -0.2) is 4.98 Å². The summed E-state index contributed by atoms with van der Waals surface area (Å²) in [6, 6.07) is 3.81. The molecule has 0 saturated heterocycles. The van der Waals surface area contributed by atoms with Crippen molar-refractivity contribution in [2.24, 2.45) is 0 Å². The first-order valence-electron chi connectivity index (χ1n) is 2.88. The Balaban J connectivity index is 2.42. The fourth-order valence-electron chi connectivity index (χ4n) is 0.871. The van der Waals surface area contributed by atoms with Crippen molar-refractivity contribution in [3.05, 3.63) is 30.4 Å². The van der Waals surface area contributed by atoms with E-state index < -0.39 is 0 Å². The number of hydrogen-bond donors (Lipinski definition) is 1. The summed E-state index contributed by atoms with van der Waals surface area (Å²) in [5.74, 6) is 0.803. The van der Waals surface area contributed by atoms with Crippen LogP contribution in [-0.4, -0.2) is 9.51 Å². The Hall–Kier alpha value is -0.800. The molecule has 0 saturated carbocycles. The lowest BCUT2D eigenvalue weighted by molar-refractivity contribution is 0.705. The molecule has 1 aromatic heterocycles. The third-order valence-electron chi connectivity index (χ3n) is 1.30. The second-order valence-corrected chi connectivity index (χ2v) is 2.36. The number of pyridine rings is 1. The maximum Gasteiger partial charge on any atom is 0.146 e. The van der Waals surface area contributed by atoms with Gasteiger partial charge in [-0.3, -0.25) is 5.43 Å². The Morgan fingerprint density at radius 2 is 2.50 bits per heavy atom. The lowest BCUT2D eigenvalue weighted by Crippen LogP contribution is -2.08. The highest BCUT2D eigenvalue weighted by Gasteiger charge is 2.16. The number of aromatic nitrogens is 1. The highest BCUT2D eigenvalue weighted by Crippen LogP contribution is 2.24. The molecule has 0 atom stereocenters. The molecule has 1 aliphatic rings. The first-order valence-corrected chi connectivity index (χ1v) is 3.21. The van der Waals surface area contributed by atoms with Crippen LogP contribution in [0.2, 0.25) is 0 Å². The van der Waals surface area contributed by atoms with E-state index in [4.69, 9.17) is 11.8 Å². The zero-order chi connectivity index (χ0) is 6.97. The van der Waals surface area contributed by atoms with E-state index in [-0.39, 0.29) is 0 Å². The van der Waals surface area contributed by atoms with Gasteiger partial charge in [-0.15, -0.1) is 4.53 Å². The van der Waals surface area contributed by atoms with E-state index in [0.717, 1.165) is 11.4 Å². The number of anilines is 1. The summed E-state index contributed by atoms with van der Waals surface area (Å²) in [5, 5.41) is 0. The SMILES string of the molecule is ClN1[CH]c2cccnc2N1. The third kappa shape index (κ3) is 0.836. The average molecular weight is 155 g/mol. The number of hydrazine groups is 1. The lowest BCUT2D eigenvalue weighted by atomic mass is 10.3. The van der Waals surface area contributed by atoms with Crippen molar-refractivity contribution >= 4 is 17.6 Å². The van der Waals surface area contributed by atoms with Crippen molar-refractivity contribution in [2.75, 3.05) is 5.43 Å². The normalized spacial score (nSPS) is 16.5. The molecule has 1 N–H and O–H groups in total. The molecule has 1 radical (unpaired) electrons. The summed E-state index contributed by atoms with van der Waals surface area (Å²) >= 11 is 5.60. The van der Waals surface area contributed by atoms with Gasteiger partial charge in [0.25, 0.3) is 0 Å². The van der Waals surface area contributed by atoms with Crippen LogP contribution in [0.25, 0.3) is 0 Å². The second-order valence-electron chi connectivity index (χ2n) is 1.99. The van der Waals surface area contributed by atoms with Crippen molar-refractivity contribution in [2.45, 2.75) is 0 Å². The summed E-state index contributed by atoms with van der Waals surface area (Å²) in [7, 11) is 0. The fraction of sp³-hybridized carbons (Fsp3) is 0. The van der Waals surface area contributed by atoms with Crippen LogP contribution in [0.5, 0.6) is 0 Å². The molecule has 0 amide bonds. The van der Waals surface area contributed by atoms with E-state index >= 15 is 0 Å². The van der Waals surface area contributed by atoms with Crippen LogP contribution in [0.3, 0.4) is 0 Å². The van der Waals surface area contributed by atoms with Crippen LogP contribution in [0.4, 0.5) is 5.82 Å². The predicted molar refractivity (Wildman–Crippen MR) is 39.0 cm³/mol. The molecular formula is C6H5ClN3. The van der Waals surface area contributed by atoms with E-state index in [1.807, 2.05) is 12.1 Å². The summed E-state index contributed by atoms with van der Waals surface area (Å²) in [4.78, 5) is 4.04. The predicted octanol–water partition coefficient (Wildman–Crippen LogP) is 1.39. The summed E-state index contributed by atoms with van der Waals surface area (Å²) in [6.45, 7) is 1.77. The van der Waals surface area contributed by atoms with Gasteiger partial charge in [0.1, 0.15) is 5.82 Å². The van der Waals surface area contributed by atoms with Crippen LogP contribution in [0.1, 0.15) is 5.56 Å². The Labute approximate surface area is 63.7 Å². The highest BCUT2D eigenvalue weighted by atomic mass is 35.5. The van der Waals surface area contributed by atoms with Gasteiger partial charge in [0.2, 0.25) is 0 Å². The molecule has 0 aromatic carbocycles. The Bertz CT molecular complexity index is 226. The Kier molecular flexibility index (Phi) is 1.25. The molecule has 4 heteroatoms. The number of nitrogens with one attached hydrogen (secondary N) is 1. The van der Waals surface area contributed by atoms with Gasteiger partial charge in [0.05, 0.1) is 6.54 Å². The molecule has 1 aromatic rings. The van der Waals surface area contributed by atoms with Crippen molar-refractivity contribution in [3.63, 3.8) is 0 Å². The maximum atomic E-state index is 5.60. The number of nitrogens with zero attached hydrogens (tertiary/aromatic N) is 2. The van der Waals surface area contributed by atoms with Crippen molar-refractivity contribution in [1.29, 1.82) is 0 Å². The van der Waals surface area contributed by atoms with Crippen LogP contribution < -0.4 is 5.43 Å². The molecule has 0 unspecified atom stereocenters. The molecular weight excluding hydrogens is 150 g/mol. The molecule has 2 rings (SSSR count). The van der Waals surface area contributed by atoms with Crippen molar-refractivity contribution < 1.29 is 0 Å².